The van der Waals surface area contributed by atoms with Gasteiger partial charge in [0.2, 0.25) is 5.91 Å². The van der Waals surface area contributed by atoms with E-state index in [2.05, 4.69) is 27.0 Å². The highest BCUT2D eigenvalue weighted by atomic mass is 35.5. The number of aromatic nitrogens is 2. The number of piperazine rings is 1. The molecule has 3 heterocycles. The number of nitrogens with zero attached hydrogens (tertiary/aromatic N) is 4. The lowest BCUT2D eigenvalue weighted by Gasteiger charge is -2.34. The van der Waals surface area contributed by atoms with Crippen LogP contribution in [-0.4, -0.2) is 39.4 Å². The van der Waals surface area contributed by atoms with E-state index in [1.165, 1.54) is 0 Å². The maximum absolute atomic E-state index is 12.9. The number of rotatable bonds is 3. The molecule has 0 unspecified atom stereocenters. The molecule has 0 N–H and O–H groups in total. The van der Waals surface area contributed by atoms with Crippen molar-refractivity contribution in [3.63, 3.8) is 0 Å². The molecule has 0 radical (unpaired) electrons. The zero-order valence-electron chi connectivity index (χ0n) is 14.0. The van der Waals surface area contributed by atoms with Gasteiger partial charge in [0, 0.05) is 25.5 Å². The van der Waals surface area contributed by atoms with Crippen LogP contribution < -0.4 is 4.90 Å². The SMILES string of the molecule is O=C1[C@@H]2C[C@@H](CN2Cc2ccc3nccnc3c2)N1c1ccccc1Cl. The molecule has 2 aromatic carbocycles. The van der Waals surface area contributed by atoms with Crippen LogP contribution in [0.3, 0.4) is 0 Å². The van der Waals surface area contributed by atoms with E-state index in [1.807, 2.05) is 35.2 Å². The van der Waals surface area contributed by atoms with Gasteiger partial charge in [-0.3, -0.25) is 19.7 Å². The van der Waals surface area contributed by atoms with Gasteiger partial charge < -0.3 is 4.90 Å². The monoisotopic (exact) mass is 364 g/mol. The largest absolute Gasteiger partial charge is 0.305 e. The number of carbonyl (C=O) groups excluding carboxylic acids is 1. The molecule has 2 bridgehead atoms. The summed E-state index contributed by atoms with van der Waals surface area (Å²) in [5.74, 6) is 0.148. The Balaban J connectivity index is 1.37. The summed E-state index contributed by atoms with van der Waals surface area (Å²) in [5.41, 5.74) is 3.76. The summed E-state index contributed by atoms with van der Waals surface area (Å²) >= 11 is 6.31. The number of halogens is 1. The Hall–Kier alpha value is -2.50. The molecule has 1 amide bonds. The van der Waals surface area contributed by atoms with Gasteiger partial charge in [-0.25, -0.2) is 0 Å². The molecular weight excluding hydrogens is 348 g/mol. The number of fused-ring (bicyclic) bond motifs is 3. The molecule has 2 aliphatic heterocycles. The third-order valence-corrected chi connectivity index (χ3v) is 5.62. The van der Waals surface area contributed by atoms with Gasteiger partial charge in [-0.2, -0.15) is 0 Å². The minimum absolute atomic E-state index is 0.0752. The first-order chi connectivity index (χ1) is 12.7. The van der Waals surface area contributed by atoms with Crippen LogP contribution in [0.4, 0.5) is 5.69 Å². The molecule has 5 nitrogen and oxygen atoms in total. The van der Waals surface area contributed by atoms with E-state index in [1.54, 1.807) is 12.4 Å². The molecule has 130 valence electrons. The zero-order chi connectivity index (χ0) is 17.7. The fourth-order valence-electron chi connectivity index (χ4n) is 4.14. The lowest BCUT2D eigenvalue weighted by atomic mass is 10.1. The molecule has 2 atom stereocenters. The van der Waals surface area contributed by atoms with E-state index in [9.17, 15) is 4.79 Å². The van der Waals surface area contributed by atoms with Crippen LogP contribution in [-0.2, 0) is 11.3 Å². The molecule has 2 saturated heterocycles. The molecule has 0 spiro atoms. The van der Waals surface area contributed by atoms with Gasteiger partial charge in [-0.05, 0) is 36.2 Å². The Morgan fingerprint density at radius 3 is 2.69 bits per heavy atom. The van der Waals surface area contributed by atoms with Crippen molar-refractivity contribution in [3.8, 4) is 0 Å². The van der Waals surface area contributed by atoms with Gasteiger partial charge >= 0.3 is 0 Å². The average molecular weight is 365 g/mol. The zero-order valence-corrected chi connectivity index (χ0v) is 14.8. The number of likely N-dealkylation sites (tertiary alicyclic amines) is 1. The molecule has 1 aromatic heterocycles. The van der Waals surface area contributed by atoms with Crippen LogP contribution >= 0.6 is 11.6 Å². The second kappa shape index (κ2) is 6.04. The Kier molecular flexibility index (Phi) is 3.65. The van der Waals surface area contributed by atoms with Crippen molar-refractivity contribution in [2.24, 2.45) is 0 Å². The Labute approximate surface area is 156 Å². The predicted molar refractivity (Wildman–Crippen MR) is 101 cm³/mol. The molecule has 2 aliphatic rings. The second-order valence-electron chi connectivity index (χ2n) is 6.87. The fraction of sp³-hybridized carbons (Fsp3) is 0.250. The van der Waals surface area contributed by atoms with Gasteiger partial charge in [0.1, 0.15) is 0 Å². The van der Waals surface area contributed by atoms with E-state index in [4.69, 9.17) is 11.6 Å². The van der Waals surface area contributed by atoms with Gasteiger partial charge in [-0.1, -0.05) is 29.8 Å². The standard InChI is InChI=1S/C20H17ClN4O/c21-15-3-1-2-4-18(15)25-14-10-19(20(25)26)24(12-14)11-13-5-6-16-17(9-13)23-8-7-22-16/h1-9,14,19H,10-12H2/t14-,19-/m0/s1. The van der Waals surface area contributed by atoms with E-state index in [0.717, 1.165) is 41.8 Å². The van der Waals surface area contributed by atoms with Crippen LogP contribution in [0.25, 0.3) is 11.0 Å². The maximum Gasteiger partial charge on any atom is 0.244 e. The van der Waals surface area contributed by atoms with Crippen LogP contribution in [0.1, 0.15) is 12.0 Å². The molecule has 6 heteroatoms. The smallest absolute Gasteiger partial charge is 0.244 e. The summed E-state index contributed by atoms with van der Waals surface area (Å²) in [6.07, 6.45) is 4.26. The highest BCUT2D eigenvalue weighted by Gasteiger charge is 2.50. The first-order valence-corrected chi connectivity index (χ1v) is 9.10. The summed E-state index contributed by atoms with van der Waals surface area (Å²) in [6, 6.07) is 13.8. The quantitative estimate of drug-likeness (QED) is 0.715. The van der Waals surface area contributed by atoms with Gasteiger partial charge in [-0.15, -0.1) is 0 Å². The summed E-state index contributed by atoms with van der Waals surface area (Å²) in [5, 5.41) is 0.632. The average Bonchev–Trinajstić information content (AvgIpc) is 3.20. The number of para-hydroxylation sites is 1. The number of benzene rings is 2. The second-order valence-corrected chi connectivity index (χ2v) is 7.28. The summed E-state index contributed by atoms with van der Waals surface area (Å²) < 4.78 is 0. The number of carbonyl (C=O) groups is 1. The van der Waals surface area contributed by atoms with Gasteiger partial charge in [0.05, 0.1) is 33.8 Å². The van der Waals surface area contributed by atoms with Crippen molar-refractivity contribution in [1.29, 1.82) is 0 Å². The van der Waals surface area contributed by atoms with Crippen LogP contribution in [0.15, 0.2) is 54.9 Å². The number of hydrogen-bond acceptors (Lipinski definition) is 4. The van der Waals surface area contributed by atoms with E-state index >= 15 is 0 Å². The molecule has 0 saturated carbocycles. The first kappa shape index (κ1) is 15.7. The van der Waals surface area contributed by atoms with E-state index in [-0.39, 0.29) is 18.0 Å². The fourth-order valence-corrected chi connectivity index (χ4v) is 4.37. The molecule has 2 fully saturated rings. The van der Waals surface area contributed by atoms with Crippen molar-refractivity contribution in [3.05, 3.63) is 65.4 Å². The topological polar surface area (TPSA) is 49.3 Å². The van der Waals surface area contributed by atoms with Crippen LogP contribution in [0.2, 0.25) is 5.02 Å². The lowest BCUT2D eigenvalue weighted by molar-refractivity contribution is -0.122. The van der Waals surface area contributed by atoms with Crippen LogP contribution in [0, 0.1) is 0 Å². The van der Waals surface area contributed by atoms with Gasteiger partial charge in [0.25, 0.3) is 0 Å². The Morgan fingerprint density at radius 1 is 1.08 bits per heavy atom. The van der Waals surface area contributed by atoms with Crippen molar-refractivity contribution in [1.82, 2.24) is 14.9 Å². The molecule has 26 heavy (non-hydrogen) atoms. The van der Waals surface area contributed by atoms with E-state index in [0.29, 0.717) is 5.02 Å². The third-order valence-electron chi connectivity index (χ3n) is 5.30. The minimum atomic E-state index is -0.0752. The van der Waals surface area contributed by atoms with E-state index < -0.39 is 0 Å². The van der Waals surface area contributed by atoms with Crippen molar-refractivity contribution < 1.29 is 4.79 Å². The summed E-state index contributed by atoms with van der Waals surface area (Å²) in [4.78, 5) is 25.8. The molecular formula is C20H17ClN4O. The number of amides is 1. The number of hydrogen-bond donors (Lipinski definition) is 0. The third kappa shape index (κ3) is 2.47. The van der Waals surface area contributed by atoms with Crippen molar-refractivity contribution in [2.75, 3.05) is 11.4 Å². The van der Waals surface area contributed by atoms with Crippen molar-refractivity contribution >= 4 is 34.2 Å². The molecule has 3 aromatic rings. The first-order valence-electron chi connectivity index (χ1n) is 8.72. The van der Waals surface area contributed by atoms with Gasteiger partial charge in [0.15, 0.2) is 0 Å². The Bertz CT molecular complexity index is 1010. The highest BCUT2D eigenvalue weighted by molar-refractivity contribution is 6.34. The minimum Gasteiger partial charge on any atom is -0.305 e. The molecule has 0 aliphatic carbocycles. The predicted octanol–water partition coefficient (Wildman–Crippen LogP) is 3.27. The summed E-state index contributed by atoms with van der Waals surface area (Å²) in [7, 11) is 0. The van der Waals surface area contributed by atoms with Crippen LogP contribution in [0.5, 0.6) is 0 Å². The highest BCUT2D eigenvalue weighted by Crippen LogP contribution is 2.39. The lowest BCUT2D eigenvalue weighted by Crippen LogP contribution is -2.50. The van der Waals surface area contributed by atoms with Crippen molar-refractivity contribution in [2.45, 2.75) is 25.0 Å². The summed E-state index contributed by atoms with van der Waals surface area (Å²) in [6.45, 7) is 1.61. The number of anilines is 1. The normalized spacial score (nSPS) is 22.5. The molecule has 5 rings (SSSR count). The Morgan fingerprint density at radius 2 is 1.88 bits per heavy atom. The maximum atomic E-state index is 12.9.